The summed E-state index contributed by atoms with van der Waals surface area (Å²) >= 11 is 13.6. The van der Waals surface area contributed by atoms with Crippen molar-refractivity contribution in [1.82, 2.24) is 9.78 Å². The normalized spacial score (nSPS) is 11.2. The van der Waals surface area contributed by atoms with E-state index in [1.807, 2.05) is 11.4 Å². The molecule has 0 aliphatic heterocycles. The molecule has 3 aromatic rings. The summed E-state index contributed by atoms with van der Waals surface area (Å²) < 4.78 is 1.35. The van der Waals surface area contributed by atoms with Crippen molar-refractivity contribution in [1.29, 1.82) is 0 Å². The van der Waals surface area contributed by atoms with Crippen LogP contribution in [0.3, 0.4) is 0 Å². The second-order valence-electron chi connectivity index (χ2n) is 4.42. The van der Waals surface area contributed by atoms with Crippen molar-refractivity contribution in [2.24, 2.45) is 0 Å². The smallest absolute Gasteiger partial charge is 0.266 e. The van der Waals surface area contributed by atoms with Crippen LogP contribution in [-0.4, -0.2) is 15.7 Å². The fourth-order valence-electron chi connectivity index (χ4n) is 1.95. The molecule has 0 aliphatic rings. The maximum Gasteiger partial charge on any atom is 0.288 e. The minimum atomic E-state index is -0.162. The maximum atomic E-state index is 12.4. The molecular formula is C16H10Cl2N2OS. The molecule has 22 heavy (non-hydrogen) atoms. The summed E-state index contributed by atoms with van der Waals surface area (Å²) in [6, 6.07) is 10.7. The van der Waals surface area contributed by atoms with E-state index in [0.717, 1.165) is 0 Å². The van der Waals surface area contributed by atoms with Crippen LogP contribution in [0, 0.1) is 0 Å². The molecule has 0 radical (unpaired) electrons. The minimum absolute atomic E-state index is 0.162. The Balaban J connectivity index is 1.93. The summed E-state index contributed by atoms with van der Waals surface area (Å²) in [6.45, 7) is 0. The van der Waals surface area contributed by atoms with E-state index in [1.54, 1.807) is 48.7 Å². The van der Waals surface area contributed by atoms with Crippen LogP contribution in [-0.2, 0) is 0 Å². The van der Waals surface area contributed by atoms with Crippen molar-refractivity contribution in [2.75, 3.05) is 0 Å². The standard InChI is InChI=1S/C16H10Cl2N2OS/c17-13-3-1-4-14(18)12(13)7-6-11-8-9-19-20(11)16(21)15-5-2-10-22-15/h1-10H/b7-6+. The zero-order chi connectivity index (χ0) is 15.5. The van der Waals surface area contributed by atoms with Gasteiger partial charge in [0.15, 0.2) is 0 Å². The summed E-state index contributed by atoms with van der Waals surface area (Å²) in [5.41, 5.74) is 1.37. The van der Waals surface area contributed by atoms with Gasteiger partial charge in [0, 0.05) is 15.6 Å². The van der Waals surface area contributed by atoms with E-state index in [-0.39, 0.29) is 5.91 Å². The first kappa shape index (κ1) is 15.0. The number of nitrogens with zero attached hydrogens (tertiary/aromatic N) is 2. The van der Waals surface area contributed by atoms with Crippen LogP contribution < -0.4 is 0 Å². The van der Waals surface area contributed by atoms with E-state index < -0.39 is 0 Å². The van der Waals surface area contributed by atoms with E-state index in [0.29, 0.717) is 26.2 Å². The number of rotatable bonds is 3. The molecule has 2 heterocycles. The number of hydrogen-bond acceptors (Lipinski definition) is 3. The maximum absolute atomic E-state index is 12.4. The fraction of sp³-hybridized carbons (Fsp3) is 0. The van der Waals surface area contributed by atoms with Gasteiger partial charge in [-0.05, 0) is 41.8 Å². The molecular weight excluding hydrogens is 339 g/mol. The number of halogens is 2. The van der Waals surface area contributed by atoms with E-state index in [4.69, 9.17) is 23.2 Å². The lowest BCUT2D eigenvalue weighted by molar-refractivity contribution is 0.0948. The molecule has 0 fully saturated rings. The zero-order valence-corrected chi connectivity index (χ0v) is 13.6. The number of hydrogen-bond donors (Lipinski definition) is 0. The van der Waals surface area contributed by atoms with Gasteiger partial charge in [0.05, 0.1) is 16.8 Å². The summed E-state index contributed by atoms with van der Waals surface area (Å²) in [5.74, 6) is -0.162. The highest BCUT2D eigenvalue weighted by molar-refractivity contribution is 7.12. The van der Waals surface area contributed by atoms with E-state index >= 15 is 0 Å². The Morgan fingerprint density at radius 2 is 1.86 bits per heavy atom. The van der Waals surface area contributed by atoms with Crippen molar-refractivity contribution in [2.45, 2.75) is 0 Å². The third-order valence-corrected chi connectivity index (χ3v) is 4.53. The second-order valence-corrected chi connectivity index (χ2v) is 6.18. The third kappa shape index (κ3) is 2.99. The molecule has 3 rings (SSSR count). The first-order valence-electron chi connectivity index (χ1n) is 6.41. The monoisotopic (exact) mass is 348 g/mol. The highest BCUT2D eigenvalue weighted by atomic mass is 35.5. The molecule has 0 spiro atoms. The molecule has 3 nitrogen and oxygen atoms in total. The molecule has 0 unspecified atom stereocenters. The lowest BCUT2D eigenvalue weighted by Gasteiger charge is -2.03. The molecule has 0 amide bonds. The van der Waals surface area contributed by atoms with Crippen LogP contribution in [0.4, 0.5) is 0 Å². The lowest BCUT2D eigenvalue weighted by Crippen LogP contribution is -2.13. The molecule has 0 atom stereocenters. The molecule has 6 heteroatoms. The Kier molecular flexibility index (Phi) is 4.43. The van der Waals surface area contributed by atoms with Crippen LogP contribution in [0.5, 0.6) is 0 Å². The van der Waals surface area contributed by atoms with E-state index in [1.165, 1.54) is 16.0 Å². The molecule has 0 aliphatic carbocycles. The largest absolute Gasteiger partial charge is 0.288 e. The van der Waals surface area contributed by atoms with Crippen molar-refractivity contribution >= 4 is 52.6 Å². The van der Waals surface area contributed by atoms with Crippen molar-refractivity contribution < 1.29 is 4.79 Å². The first-order valence-corrected chi connectivity index (χ1v) is 8.04. The number of benzene rings is 1. The van der Waals surface area contributed by atoms with Gasteiger partial charge in [-0.2, -0.15) is 9.78 Å². The topological polar surface area (TPSA) is 34.9 Å². The average molecular weight is 349 g/mol. The van der Waals surface area contributed by atoms with E-state index in [2.05, 4.69) is 5.10 Å². The SMILES string of the molecule is O=C(c1cccs1)n1nccc1/C=C/c1c(Cl)cccc1Cl. The minimum Gasteiger partial charge on any atom is -0.266 e. The lowest BCUT2D eigenvalue weighted by atomic mass is 10.2. The number of aromatic nitrogens is 2. The fourth-order valence-corrected chi connectivity index (χ4v) is 3.12. The Morgan fingerprint density at radius 1 is 1.09 bits per heavy atom. The Bertz CT molecular complexity index is 817. The molecule has 0 saturated heterocycles. The van der Waals surface area contributed by atoms with Gasteiger partial charge in [0.2, 0.25) is 0 Å². The van der Waals surface area contributed by atoms with Crippen molar-refractivity contribution in [3.05, 3.63) is 74.2 Å². The van der Waals surface area contributed by atoms with Gasteiger partial charge in [-0.25, -0.2) is 0 Å². The quantitative estimate of drug-likeness (QED) is 0.659. The molecule has 2 aromatic heterocycles. The summed E-state index contributed by atoms with van der Waals surface area (Å²) in [7, 11) is 0. The highest BCUT2D eigenvalue weighted by Gasteiger charge is 2.12. The van der Waals surface area contributed by atoms with Gasteiger partial charge in [-0.1, -0.05) is 35.3 Å². The molecule has 0 saturated carbocycles. The van der Waals surface area contributed by atoms with Gasteiger partial charge < -0.3 is 0 Å². The van der Waals surface area contributed by atoms with Gasteiger partial charge in [0.25, 0.3) is 5.91 Å². The van der Waals surface area contributed by atoms with Crippen molar-refractivity contribution in [3.8, 4) is 0 Å². The Hall–Kier alpha value is -1.88. The van der Waals surface area contributed by atoms with Crippen LogP contribution in [0.1, 0.15) is 20.9 Å². The third-order valence-electron chi connectivity index (χ3n) is 3.02. The number of thiophene rings is 1. The van der Waals surface area contributed by atoms with Crippen LogP contribution in [0.15, 0.2) is 48.0 Å². The van der Waals surface area contributed by atoms with E-state index in [9.17, 15) is 4.79 Å². The van der Waals surface area contributed by atoms with Crippen molar-refractivity contribution in [3.63, 3.8) is 0 Å². The van der Waals surface area contributed by atoms with Crippen LogP contribution in [0.25, 0.3) is 12.2 Å². The molecule has 1 aromatic carbocycles. The van der Waals surface area contributed by atoms with Crippen LogP contribution in [0.2, 0.25) is 10.0 Å². The second kappa shape index (κ2) is 6.48. The molecule has 0 bridgehead atoms. The van der Waals surface area contributed by atoms with Gasteiger partial charge in [-0.15, -0.1) is 11.3 Å². The number of carbonyl (C=O) groups excluding carboxylic acids is 1. The average Bonchev–Trinajstić information content (AvgIpc) is 3.18. The summed E-state index contributed by atoms with van der Waals surface area (Å²) in [4.78, 5) is 13.0. The van der Waals surface area contributed by atoms with Gasteiger partial charge in [-0.3, -0.25) is 4.79 Å². The van der Waals surface area contributed by atoms with Crippen LogP contribution >= 0.6 is 34.5 Å². The zero-order valence-electron chi connectivity index (χ0n) is 11.2. The first-order chi connectivity index (χ1) is 10.7. The Labute approximate surface area is 141 Å². The van der Waals surface area contributed by atoms with Gasteiger partial charge in [0.1, 0.15) is 0 Å². The predicted molar refractivity (Wildman–Crippen MR) is 91.7 cm³/mol. The molecule has 110 valence electrons. The highest BCUT2D eigenvalue weighted by Crippen LogP contribution is 2.26. The summed E-state index contributed by atoms with van der Waals surface area (Å²) in [5, 5.41) is 7.05. The summed E-state index contributed by atoms with van der Waals surface area (Å²) in [6.07, 6.45) is 5.13. The Morgan fingerprint density at radius 3 is 2.55 bits per heavy atom. The molecule has 0 N–H and O–H groups in total. The predicted octanol–water partition coefficient (Wildman–Crippen LogP) is 5.11. The number of carbonyl (C=O) groups is 1. The van der Waals surface area contributed by atoms with Gasteiger partial charge >= 0.3 is 0 Å².